The summed E-state index contributed by atoms with van der Waals surface area (Å²) in [5, 5.41) is 4.05. The first-order chi connectivity index (χ1) is 22.1. The number of esters is 1. The van der Waals surface area contributed by atoms with Crippen molar-refractivity contribution in [3.8, 4) is 23.7 Å². The van der Waals surface area contributed by atoms with Gasteiger partial charge in [-0.2, -0.15) is 0 Å². The van der Waals surface area contributed by atoms with E-state index in [1.54, 1.807) is 6.08 Å². The van der Waals surface area contributed by atoms with Gasteiger partial charge in [-0.05, 0) is 109 Å². The van der Waals surface area contributed by atoms with Gasteiger partial charge in [-0.15, -0.1) is 5.73 Å². The highest BCUT2D eigenvalue weighted by molar-refractivity contribution is 6.23. The van der Waals surface area contributed by atoms with Crippen molar-refractivity contribution in [1.29, 1.82) is 0 Å². The van der Waals surface area contributed by atoms with Gasteiger partial charge in [0.15, 0.2) is 0 Å². The van der Waals surface area contributed by atoms with Crippen LogP contribution in [-0.4, -0.2) is 34.8 Å². The molecule has 0 aromatic heterocycles. The second-order valence-electron chi connectivity index (χ2n) is 11.9. The smallest absolute Gasteiger partial charge is 0.306 e. The molecule has 45 heavy (non-hydrogen) atoms. The van der Waals surface area contributed by atoms with E-state index in [0.29, 0.717) is 30.4 Å². The van der Waals surface area contributed by atoms with E-state index in [-0.39, 0.29) is 17.8 Å². The second kappa shape index (κ2) is 15.9. The maximum atomic E-state index is 13.6. The number of carbonyl (C=O) groups excluding carboxylic acids is 3. The summed E-state index contributed by atoms with van der Waals surface area (Å²) in [6.45, 7) is 2.10. The van der Waals surface area contributed by atoms with E-state index in [0.717, 1.165) is 85.8 Å². The summed E-state index contributed by atoms with van der Waals surface area (Å²) < 4.78 is 5.94. The Morgan fingerprint density at radius 3 is 2.24 bits per heavy atom. The molecule has 1 aliphatic heterocycles. The van der Waals surface area contributed by atoms with E-state index in [1.165, 1.54) is 4.90 Å². The predicted molar refractivity (Wildman–Crippen MR) is 180 cm³/mol. The van der Waals surface area contributed by atoms with Gasteiger partial charge in [0, 0.05) is 18.9 Å². The molecule has 5 rings (SSSR count). The number of fused-ring (bicyclic) bond motifs is 3. The van der Waals surface area contributed by atoms with Crippen molar-refractivity contribution in [3.05, 3.63) is 77.5 Å². The molecule has 0 radical (unpaired) electrons. The third-order valence-electron chi connectivity index (χ3n) is 8.62. The van der Waals surface area contributed by atoms with Crippen LogP contribution >= 0.6 is 0 Å². The van der Waals surface area contributed by atoms with Gasteiger partial charge in [0.2, 0.25) is 0 Å². The molecule has 2 amide bonds. The first-order valence-corrected chi connectivity index (χ1v) is 16.5. The van der Waals surface area contributed by atoms with E-state index >= 15 is 0 Å². The maximum absolute atomic E-state index is 13.6. The van der Waals surface area contributed by atoms with Crippen LogP contribution < -0.4 is 0 Å². The van der Waals surface area contributed by atoms with Gasteiger partial charge < -0.3 is 4.74 Å². The molecule has 2 atom stereocenters. The minimum absolute atomic E-state index is 0.241. The van der Waals surface area contributed by atoms with Crippen molar-refractivity contribution in [2.75, 3.05) is 0 Å². The van der Waals surface area contributed by atoms with Crippen LogP contribution in [0.1, 0.15) is 111 Å². The average Bonchev–Trinajstić information content (AvgIpc) is 3.29. The minimum Gasteiger partial charge on any atom is -0.460 e. The van der Waals surface area contributed by atoms with E-state index in [2.05, 4.69) is 48.5 Å². The summed E-state index contributed by atoms with van der Waals surface area (Å²) in [4.78, 5) is 41.4. The Labute approximate surface area is 266 Å². The van der Waals surface area contributed by atoms with Gasteiger partial charge in [0.1, 0.15) is 6.10 Å². The number of rotatable bonds is 11. The largest absolute Gasteiger partial charge is 0.460 e. The Balaban J connectivity index is 1.09. The van der Waals surface area contributed by atoms with Crippen LogP contribution in [0.4, 0.5) is 0 Å². The Bertz CT molecular complexity index is 1680. The number of amides is 2. The highest BCUT2D eigenvalue weighted by Crippen LogP contribution is 2.35. The van der Waals surface area contributed by atoms with Gasteiger partial charge >= 0.3 is 5.97 Å². The average molecular weight is 600 g/mol. The molecule has 0 unspecified atom stereocenters. The summed E-state index contributed by atoms with van der Waals surface area (Å²) in [6, 6.07) is 15.5. The third-order valence-corrected chi connectivity index (χ3v) is 8.62. The van der Waals surface area contributed by atoms with Crippen molar-refractivity contribution >= 4 is 39.3 Å². The van der Waals surface area contributed by atoms with Gasteiger partial charge in [-0.1, -0.05) is 68.7 Å². The van der Waals surface area contributed by atoms with Crippen LogP contribution in [0.15, 0.2) is 66.4 Å². The lowest BCUT2D eigenvalue weighted by Crippen LogP contribution is -2.49. The Morgan fingerprint density at radius 1 is 0.867 bits per heavy atom. The highest BCUT2D eigenvalue weighted by atomic mass is 16.5. The molecule has 1 saturated carbocycles. The summed E-state index contributed by atoms with van der Waals surface area (Å²) in [7, 11) is 0. The van der Waals surface area contributed by atoms with Crippen molar-refractivity contribution < 1.29 is 19.1 Å². The number of carbonyl (C=O) groups is 3. The Morgan fingerprint density at radius 2 is 1.53 bits per heavy atom. The minimum atomic E-state index is -0.460. The van der Waals surface area contributed by atoms with Crippen molar-refractivity contribution in [1.82, 2.24) is 4.90 Å². The Hall–Kier alpha value is -4.57. The fourth-order valence-electron chi connectivity index (χ4n) is 6.27. The summed E-state index contributed by atoms with van der Waals surface area (Å²) in [6.07, 6.45) is 14.6. The van der Waals surface area contributed by atoms with Crippen LogP contribution in [0.25, 0.3) is 21.5 Å². The SMILES string of the molecule is CCCC#CC#CC=C=CCCCCCCCC(=O)O[C@H]1CCCC[C@@H]1N1C(=O)c2cc3cc4ccccc4cc3cc2C1=O. The molecule has 230 valence electrons. The van der Waals surface area contributed by atoms with E-state index < -0.39 is 12.1 Å². The van der Waals surface area contributed by atoms with Crippen LogP contribution in [0.2, 0.25) is 0 Å². The van der Waals surface area contributed by atoms with Crippen LogP contribution in [0.5, 0.6) is 0 Å². The third kappa shape index (κ3) is 8.13. The standard InChI is InChI=1S/C40H41NO4/c1-2-3-4-5-6-7-8-9-10-11-12-13-14-15-16-25-38(42)45-37-24-20-19-23-36(37)41-39(43)34-28-32-26-30-21-17-18-22-31(30)27-33(32)29-35(34)40(41)44/h8,10,17-18,21-22,26-29,36-37H,2-3,11-16,19-20,23-25H2,1H3/t9?,36-,37-/m0/s1. The number of allylic oxidation sites excluding steroid dienone is 1. The van der Waals surface area contributed by atoms with Crippen molar-refractivity contribution in [2.24, 2.45) is 0 Å². The molecular formula is C40H41NO4. The first-order valence-electron chi connectivity index (χ1n) is 16.5. The highest BCUT2D eigenvalue weighted by Gasteiger charge is 2.44. The predicted octanol–water partition coefficient (Wildman–Crippen LogP) is 8.69. The van der Waals surface area contributed by atoms with Gasteiger partial charge in [-0.25, -0.2) is 0 Å². The number of hydrogen-bond acceptors (Lipinski definition) is 4. The molecule has 3 aromatic carbocycles. The summed E-state index contributed by atoms with van der Waals surface area (Å²) in [5.74, 6) is 10.7. The van der Waals surface area contributed by atoms with Gasteiger partial charge in [0.05, 0.1) is 17.2 Å². The lowest BCUT2D eigenvalue weighted by Gasteiger charge is -2.36. The molecule has 5 heteroatoms. The molecule has 1 heterocycles. The monoisotopic (exact) mass is 599 g/mol. The normalized spacial score (nSPS) is 17.1. The van der Waals surface area contributed by atoms with Crippen LogP contribution in [0.3, 0.4) is 0 Å². The topological polar surface area (TPSA) is 63.7 Å². The zero-order valence-electron chi connectivity index (χ0n) is 26.2. The van der Waals surface area contributed by atoms with Crippen molar-refractivity contribution in [2.45, 2.75) is 103 Å². The quantitative estimate of drug-likeness (QED) is 0.0552. The van der Waals surface area contributed by atoms with E-state index in [1.807, 2.05) is 42.5 Å². The lowest BCUT2D eigenvalue weighted by molar-refractivity contribution is -0.153. The van der Waals surface area contributed by atoms with E-state index in [4.69, 9.17) is 4.74 Å². The summed E-state index contributed by atoms with van der Waals surface area (Å²) >= 11 is 0. The molecule has 0 N–H and O–H groups in total. The summed E-state index contributed by atoms with van der Waals surface area (Å²) in [5.41, 5.74) is 3.95. The molecule has 0 saturated heterocycles. The zero-order valence-corrected chi connectivity index (χ0v) is 26.2. The fourth-order valence-corrected chi connectivity index (χ4v) is 6.27. The number of imide groups is 1. The van der Waals surface area contributed by atoms with Crippen LogP contribution in [-0.2, 0) is 9.53 Å². The fraction of sp³-hybridized carbons (Fsp3) is 0.400. The molecule has 3 aromatic rings. The first kappa shape index (κ1) is 31.8. The molecular weight excluding hydrogens is 558 g/mol. The molecule has 2 aliphatic rings. The van der Waals surface area contributed by atoms with E-state index in [9.17, 15) is 14.4 Å². The molecule has 0 bridgehead atoms. The number of unbranched alkanes of at least 4 members (excludes halogenated alkanes) is 6. The molecule has 1 fully saturated rings. The number of hydrogen-bond donors (Lipinski definition) is 0. The number of nitrogens with zero attached hydrogens (tertiary/aromatic N) is 1. The van der Waals surface area contributed by atoms with Gasteiger partial charge in [0.25, 0.3) is 11.8 Å². The van der Waals surface area contributed by atoms with Gasteiger partial charge in [-0.3, -0.25) is 19.3 Å². The number of ether oxygens (including phenoxy) is 1. The Kier molecular flexibility index (Phi) is 11.3. The van der Waals surface area contributed by atoms with Crippen molar-refractivity contribution in [3.63, 3.8) is 0 Å². The molecule has 1 aliphatic carbocycles. The second-order valence-corrected chi connectivity index (χ2v) is 11.9. The maximum Gasteiger partial charge on any atom is 0.306 e. The lowest BCUT2D eigenvalue weighted by atomic mass is 9.91. The number of benzene rings is 3. The molecule has 0 spiro atoms. The zero-order chi connectivity index (χ0) is 31.4. The molecule has 5 nitrogen and oxygen atoms in total. The van der Waals surface area contributed by atoms with Crippen LogP contribution in [0, 0.1) is 23.7 Å².